The third-order valence-corrected chi connectivity index (χ3v) is 3.26. The van der Waals surface area contributed by atoms with Gasteiger partial charge in [-0.15, -0.1) is 0 Å². The zero-order valence-electron chi connectivity index (χ0n) is 10.5. The van der Waals surface area contributed by atoms with Gasteiger partial charge in [0.2, 0.25) is 5.75 Å². The van der Waals surface area contributed by atoms with Crippen molar-refractivity contribution in [2.24, 2.45) is 0 Å². The number of anilines is 1. The number of hydrogen-bond donors (Lipinski definition) is 1. The Labute approximate surface area is 113 Å². The Morgan fingerprint density at radius 3 is 2.58 bits per heavy atom. The molecule has 1 heterocycles. The SMILES string of the molecule is CCOc1cc(OCC)c2nc(N)sc2c1[N+](=O)[O-]. The minimum Gasteiger partial charge on any atom is -0.491 e. The summed E-state index contributed by atoms with van der Waals surface area (Å²) in [5.41, 5.74) is 5.92. The highest BCUT2D eigenvalue weighted by atomic mass is 32.1. The summed E-state index contributed by atoms with van der Waals surface area (Å²) in [6.45, 7) is 4.33. The first-order valence-electron chi connectivity index (χ1n) is 5.71. The van der Waals surface area contributed by atoms with Crippen molar-refractivity contribution in [1.29, 1.82) is 0 Å². The number of fused-ring (bicyclic) bond motifs is 1. The second-order valence-corrected chi connectivity index (χ2v) is 4.61. The van der Waals surface area contributed by atoms with Gasteiger partial charge in [-0.05, 0) is 13.8 Å². The van der Waals surface area contributed by atoms with E-state index in [9.17, 15) is 10.1 Å². The molecule has 2 N–H and O–H groups in total. The van der Waals surface area contributed by atoms with Crippen LogP contribution in [-0.2, 0) is 0 Å². The molecule has 8 heteroatoms. The lowest BCUT2D eigenvalue weighted by Crippen LogP contribution is -2.00. The van der Waals surface area contributed by atoms with Gasteiger partial charge in [-0.2, -0.15) is 0 Å². The number of nitrogens with zero attached hydrogens (tertiary/aromatic N) is 2. The molecule has 1 aromatic heterocycles. The lowest BCUT2D eigenvalue weighted by molar-refractivity contribution is -0.383. The van der Waals surface area contributed by atoms with Gasteiger partial charge in [0.25, 0.3) is 0 Å². The van der Waals surface area contributed by atoms with E-state index in [1.807, 2.05) is 6.92 Å². The van der Waals surface area contributed by atoms with Crippen LogP contribution in [0.25, 0.3) is 10.2 Å². The van der Waals surface area contributed by atoms with Crippen molar-refractivity contribution < 1.29 is 14.4 Å². The molecule has 0 atom stereocenters. The Hall–Kier alpha value is -2.09. The first-order chi connectivity index (χ1) is 9.08. The van der Waals surface area contributed by atoms with Gasteiger partial charge in [0.05, 0.1) is 18.1 Å². The average Bonchev–Trinajstić information content (AvgIpc) is 2.71. The Balaban J connectivity index is 2.77. The molecule has 0 bridgehead atoms. The third-order valence-electron chi connectivity index (χ3n) is 2.37. The molecular weight excluding hydrogens is 270 g/mol. The highest BCUT2D eigenvalue weighted by molar-refractivity contribution is 7.22. The molecule has 0 saturated heterocycles. The molecule has 0 aliphatic carbocycles. The number of nitro groups is 1. The summed E-state index contributed by atoms with van der Waals surface area (Å²) in [5.74, 6) is 0.617. The van der Waals surface area contributed by atoms with E-state index in [0.29, 0.717) is 29.2 Å². The number of nitro benzene ring substituents is 1. The minimum atomic E-state index is -0.485. The molecular formula is C11H13N3O4S. The van der Waals surface area contributed by atoms with Gasteiger partial charge in [-0.3, -0.25) is 10.1 Å². The molecule has 0 spiro atoms. The molecule has 0 saturated carbocycles. The van der Waals surface area contributed by atoms with Gasteiger partial charge in [-0.25, -0.2) is 4.98 Å². The van der Waals surface area contributed by atoms with Crippen LogP contribution >= 0.6 is 11.3 Å². The maximum Gasteiger partial charge on any atom is 0.330 e. The predicted octanol–water partition coefficient (Wildman–Crippen LogP) is 2.58. The van der Waals surface area contributed by atoms with Gasteiger partial charge in [0, 0.05) is 6.07 Å². The fourth-order valence-corrected chi connectivity index (χ4v) is 2.60. The molecule has 0 fully saturated rings. The molecule has 7 nitrogen and oxygen atoms in total. The molecule has 0 amide bonds. The number of benzene rings is 1. The fourth-order valence-electron chi connectivity index (χ4n) is 1.74. The highest BCUT2D eigenvalue weighted by Crippen LogP contribution is 2.44. The topological polar surface area (TPSA) is 101 Å². The van der Waals surface area contributed by atoms with E-state index < -0.39 is 4.92 Å². The van der Waals surface area contributed by atoms with Crippen molar-refractivity contribution in [3.8, 4) is 11.5 Å². The van der Waals surface area contributed by atoms with Crippen LogP contribution in [0.3, 0.4) is 0 Å². The summed E-state index contributed by atoms with van der Waals surface area (Å²) < 4.78 is 11.1. The lowest BCUT2D eigenvalue weighted by atomic mass is 10.2. The van der Waals surface area contributed by atoms with E-state index in [2.05, 4.69) is 4.98 Å². The zero-order valence-corrected chi connectivity index (χ0v) is 11.3. The van der Waals surface area contributed by atoms with Crippen molar-refractivity contribution in [3.63, 3.8) is 0 Å². The number of nitrogens with two attached hydrogens (primary N) is 1. The van der Waals surface area contributed by atoms with Crippen molar-refractivity contribution in [1.82, 2.24) is 4.98 Å². The average molecular weight is 283 g/mol. The lowest BCUT2D eigenvalue weighted by Gasteiger charge is -2.08. The summed E-state index contributed by atoms with van der Waals surface area (Å²) in [4.78, 5) is 14.8. The van der Waals surface area contributed by atoms with Gasteiger partial charge in [0.1, 0.15) is 10.2 Å². The van der Waals surface area contributed by atoms with E-state index in [-0.39, 0.29) is 16.6 Å². The Morgan fingerprint density at radius 2 is 2.00 bits per heavy atom. The van der Waals surface area contributed by atoms with Crippen LogP contribution < -0.4 is 15.2 Å². The summed E-state index contributed by atoms with van der Waals surface area (Å²) in [6.07, 6.45) is 0. The summed E-state index contributed by atoms with van der Waals surface area (Å²) in [7, 11) is 0. The Bertz CT molecular complexity index is 626. The smallest absolute Gasteiger partial charge is 0.330 e. The number of aromatic nitrogens is 1. The number of nitrogen functional groups attached to an aromatic ring is 1. The molecule has 2 aromatic rings. The number of hydrogen-bond acceptors (Lipinski definition) is 7. The maximum absolute atomic E-state index is 11.2. The Morgan fingerprint density at radius 1 is 1.37 bits per heavy atom. The first kappa shape index (κ1) is 13.3. The van der Waals surface area contributed by atoms with Crippen LogP contribution in [0.5, 0.6) is 11.5 Å². The van der Waals surface area contributed by atoms with Crippen molar-refractivity contribution in [2.75, 3.05) is 18.9 Å². The first-order valence-corrected chi connectivity index (χ1v) is 6.53. The zero-order chi connectivity index (χ0) is 14.0. The molecule has 2 rings (SSSR count). The second-order valence-electron chi connectivity index (χ2n) is 3.57. The van der Waals surface area contributed by atoms with Crippen molar-refractivity contribution in [3.05, 3.63) is 16.2 Å². The normalized spacial score (nSPS) is 10.6. The van der Waals surface area contributed by atoms with Gasteiger partial charge in [0.15, 0.2) is 10.9 Å². The standard InChI is InChI=1S/C11H13N3O4S/c1-3-17-6-5-7(18-4-2)9(14(15)16)10-8(6)13-11(12)19-10/h5H,3-4H2,1-2H3,(H2,12,13). The van der Waals surface area contributed by atoms with Crippen LogP contribution in [0.2, 0.25) is 0 Å². The molecule has 0 aliphatic rings. The van der Waals surface area contributed by atoms with Crippen LogP contribution in [0, 0.1) is 10.1 Å². The van der Waals surface area contributed by atoms with Gasteiger partial charge >= 0.3 is 5.69 Å². The van der Waals surface area contributed by atoms with E-state index >= 15 is 0 Å². The van der Waals surface area contributed by atoms with Crippen LogP contribution in [0.15, 0.2) is 6.07 Å². The van der Waals surface area contributed by atoms with Crippen LogP contribution in [0.4, 0.5) is 10.8 Å². The fraction of sp³-hybridized carbons (Fsp3) is 0.364. The minimum absolute atomic E-state index is 0.116. The quantitative estimate of drug-likeness (QED) is 0.668. The summed E-state index contributed by atoms with van der Waals surface area (Å²) in [6, 6.07) is 1.49. The summed E-state index contributed by atoms with van der Waals surface area (Å²) in [5, 5.41) is 11.5. The summed E-state index contributed by atoms with van der Waals surface area (Å²) >= 11 is 1.05. The van der Waals surface area contributed by atoms with Crippen molar-refractivity contribution in [2.45, 2.75) is 13.8 Å². The van der Waals surface area contributed by atoms with Crippen molar-refractivity contribution >= 4 is 32.4 Å². The number of ether oxygens (including phenoxy) is 2. The highest BCUT2D eigenvalue weighted by Gasteiger charge is 2.26. The molecule has 0 aliphatic heterocycles. The molecule has 1 aromatic carbocycles. The predicted molar refractivity (Wildman–Crippen MR) is 73.0 cm³/mol. The molecule has 102 valence electrons. The van der Waals surface area contributed by atoms with E-state index in [1.54, 1.807) is 6.92 Å². The van der Waals surface area contributed by atoms with Gasteiger partial charge in [-0.1, -0.05) is 11.3 Å². The maximum atomic E-state index is 11.2. The number of thiazole rings is 1. The monoisotopic (exact) mass is 283 g/mol. The second kappa shape index (κ2) is 5.27. The molecule has 0 radical (unpaired) electrons. The van der Waals surface area contributed by atoms with E-state index in [0.717, 1.165) is 11.3 Å². The van der Waals surface area contributed by atoms with E-state index in [1.165, 1.54) is 6.07 Å². The molecule has 0 unspecified atom stereocenters. The van der Waals surface area contributed by atoms with E-state index in [4.69, 9.17) is 15.2 Å². The Kier molecular flexibility index (Phi) is 3.70. The van der Waals surface area contributed by atoms with Crippen LogP contribution in [0.1, 0.15) is 13.8 Å². The van der Waals surface area contributed by atoms with Crippen LogP contribution in [-0.4, -0.2) is 23.1 Å². The molecule has 19 heavy (non-hydrogen) atoms. The largest absolute Gasteiger partial charge is 0.491 e. The number of rotatable bonds is 5. The van der Waals surface area contributed by atoms with Gasteiger partial charge < -0.3 is 15.2 Å². The third kappa shape index (κ3) is 2.39.